The van der Waals surface area contributed by atoms with Crippen molar-refractivity contribution in [1.29, 1.82) is 0 Å². The fourth-order valence-electron chi connectivity index (χ4n) is 1.61. The van der Waals surface area contributed by atoms with Crippen LogP contribution in [0.5, 0.6) is 0 Å². The van der Waals surface area contributed by atoms with Gasteiger partial charge in [-0.3, -0.25) is 4.99 Å². The molecule has 19 heavy (non-hydrogen) atoms. The summed E-state index contributed by atoms with van der Waals surface area (Å²) in [6, 6.07) is 3.78. The van der Waals surface area contributed by atoms with Crippen LogP contribution in [0.15, 0.2) is 27.7 Å². The minimum atomic E-state index is -4.34. The topological polar surface area (TPSA) is 24.4 Å². The molecule has 0 saturated carbocycles. The molecule has 0 spiro atoms. The monoisotopic (exact) mass is 352 g/mol. The maximum atomic E-state index is 12.7. The number of halogens is 4. The second kappa shape index (κ2) is 5.75. The first-order valence-electron chi connectivity index (χ1n) is 5.74. The molecule has 2 nitrogen and oxygen atoms in total. The van der Waals surface area contributed by atoms with Gasteiger partial charge in [-0.2, -0.15) is 13.2 Å². The van der Waals surface area contributed by atoms with Gasteiger partial charge in [0, 0.05) is 10.2 Å². The number of nitrogens with one attached hydrogen (secondary N) is 1. The van der Waals surface area contributed by atoms with Crippen molar-refractivity contribution in [3.63, 3.8) is 0 Å². The van der Waals surface area contributed by atoms with Crippen LogP contribution in [0.1, 0.15) is 18.9 Å². The Morgan fingerprint density at radius 1 is 1.47 bits per heavy atom. The van der Waals surface area contributed by atoms with Gasteiger partial charge in [0.2, 0.25) is 0 Å². The molecule has 0 bridgehead atoms. The van der Waals surface area contributed by atoms with Crippen LogP contribution in [-0.4, -0.2) is 17.0 Å². The standard InChI is InChI=1S/C12H12BrF3N2S/c1-2-8-6-19-11(17-8)18-10-5-7(12(14,15)16)3-4-9(10)13/h3-5,8H,2,6H2,1H3,(H,17,18). The summed E-state index contributed by atoms with van der Waals surface area (Å²) >= 11 is 4.77. The molecule has 1 aromatic rings. The smallest absolute Gasteiger partial charge is 0.334 e. The highest BCUT2D eigenvalue weighted by Gasteiger charge is 2.31. The Kier molecular flexibility index (Phi) is 4.45. The van der Waals surface area contributed by atoms with Crippen LogP contribution in [0.4, 0.5) is 18.9 Å². The number of amidine groups is 1. The van der Waals surface area contributed by atoms with Crippen LogP contribution in [0.2, 0.25) is 0 Å². The van der Waals surface area contributed by atoms with Gasteiger partial charge in [0.1, 0.15) is 0 Å². The van der Waals surface area contributed by atoms with E-state index in [-0.39, 0.29) is 6.04 Å². The molecule has 2 rings (SSSR count). The first-order chi connectivity index (χ1) is 8.90. The highest BCUT2D eigenvalue weighted by atomic mass is 79.9. The molecule has 1 unspecified atom stereocenters. The molecule has 1 N–H and O–H groups in total. The molecule has 104 valence electrons. The van der Waals surface area contributed by atoms with E-state index < -0.39 is 11.7 Å². The molecule has 0 aliphatic carbocycles. The van der Waals surface area contributed by atoms with E-state index in [4.69, 9.17) is 0 Å². The quantitative estimate of drug-likeness (QED) is 0.829. The predicted molar refractivity (Wildman–Crippen MR) is 76.7 cm³/mol. The van der Waals surface area contributed by atoms with E-state index in [1.165, 1.54) is 17.8 Å². The molecule has 1 atom stereocenters. The molecule has 1 aromatic carbocycles. The minimum absolute atomic E-state index is 0.247. The maximum Gasteiger partial charge on any atom is 0.416 e. The van der Waals surface area contributed by atoms with E-state index in [0.717, 1.165) is 24.3 Å². The van der Waals surface area contributed by atoms with Crippen molar-refractivity contribution >= 4 is 38.5 Å². The highest BCUT2D eigenvalue weighted by molar-refractivity contribution is 9.10. The van der Waals surface area contributed by atoms with Crippen LogP contribution >= 0.6 is 27.7 Å². The van der Waals surface area contributed by atoms with Gasteiger partial charge in [-0.25, -0.2) is 0 Å². The van der Waals surface area contributed by atoms with Crippen LogP contribution in [-0.2, 0) is 6.18 Å². The Labute approximate surface area is 122 Å². The van der Waals surface area contributed by atoms with Crippen LogP contribution in [0, 0.1) is 0 Å². The highest BCUT2D eigenvalue weighted by Crippen LogP contribution is 2.34. The second-order valence-corrected chi connectivity index (χ2v) is 5.99. The number of hydrogen-bond donors (Lipinski definition) is 1. The molecule has 0 saturated heterocycles. The zero-order valence-electron chi connectivity index (χ0n) is 10.1. The fraction of sp³-hybridized carbons (Fsp3) is 0.417. The van der Waals surface area contributed by atoms with Gasteiger partial charge in [0.15, 0.2) is 5.17 Å². The van der Waals surface area contributed by atoms with E-state index in [1.807, 2.05) is 6.92 Å². The van der Waals surface area contributed by atoms with Gasteiger partial charge in [-0.05, 0) is 40.5 Å². The second-order valence-electron chi connectivity index (χ2n) is 4.12. The Hall–Kier alpha value is -0.690. The number of rotatable bonds is 2. The first kappa shape index (κ1) is 14.7. The van der Waals surface area contributed by atoms with E-state index >= 15 is 0 Å². The van der Waals surface area contributed by atoms with Gasteiger partial charge in [-0.15, -0.1) is 0 Å². The predicted octanol–water partition coefficient (Wildman–Crippen LogP) is 4.76. The summed E-state index contributed by atoms with van der Waals surface area (Å²) in [4.78, 5) is 4.40. The Morgan fingerprint density at radius 2 is 2.21 bits per heavy atom. The zero-order chi connectivity index (χ0) is 14.0. The molecule has 0 fully saturated rings. The molecule has 1 aliphatic heterocycles. The van der Waals surface area contributed by atoms with Crippen molar-refractivity contribution in [2.24, 2.45) is 4.99 Å². The van der Waals surface area contributed by atoms with Gasteiger partial charge in [0.05, 0.1) is 17.3 Å². The zero-order valence-corrected chi connectivity index (χ0v) is 12.5. The Morgan fingerprint density at radius 3 is 2.79 bits per heavy atom. The molecular weight excluding hydrogens is 341 g/mol. The fourth-order valence-corrected chi connectivity index (χ4v) is 3.02. The van der Waals surface area contributed by atoms with Crippen LogP contribution in [0.25, 0.3) is 0 Å². The molecule has 0 amide bonds. The largest absolute Gasteiger partial charge is 0.416 e. The molecule has 1 heterocycles. The summed E-state index contributed by atoms with van der Waals surface area (Å²) in [6.07, 6.45) is -3.41. The summed E-state index contributed by atoms with van der Waals surface area (Å²) in [5.41, 5.74) is -0.285. The van der Waals surface area contributed by atoms with E-state index in [2.05, 4.69) is 26.2 Å². The minimum Gasteiger partial charge on any atom is -0.334 e. The summed E-state index contributed by atoms with van der Waals surface area (Å²) in [5, 5.41) is 3.63. The number of anilines is 1. The summed E-state index contributed by atoms with van der Waals surface area (Å²) < 4.78 is 38.5. The van der Waals surface area contributed by atoms with Gasteiger partial charge in [-0.1, -0.05) is 18.7 Å². The van der Waals surface area contributed by atoms with Crippen molar-refractivity contribution in [2.75, 3.05) is 11.1 Å². The number of thioether (sulfide) groups is 1. The lowest BCUT2D eigenvalue weighted by Gasteiger charge is -2.12. The van der Waals surface area contributed by atoms with Gasteiger partial charge in [0.25, 0.3) is 0 Å². The third kappa shape index (κ3) is 3.66. The summed E-state index contributed by atoms with van der Waals surface area (Å²) in [6.45, 7) is 2.04. The van der Waals surface area contributed by atoms with Crippen LogP contribution < -0.4 is 5.32 Å². The number of aliphatic imine (C=N–C) groups is 1. The molecule has 0 aromatic heterocycles. The van der Waals surface area contributed by atoms with Crippen molar-refractivity contribution < 1.29 is 13.2 Å². The lowest BCUT2D eigenvalue weighted by molar-refractivity contribution is -0.137. The number of benzene rings is 1. The molecule has 0 radical (unpaired) electrons. The number of hydrogen-bond acceptors (Lipinski definition) is 3. The van der Waals surface area contributed by atoms with E-state index in [9.17, 15) is 13.2 Å². The SMILES string of the molecule is CCC1CSC(Nc2cc(C(F)(F)F)ccc2Br)=N1. The lowest BCUT2D eigenvalue weighted by Crippen LogP contribution is -2.09. The third-order valence-electron chi connectivity index (χ3n) is 2.72. The van der Waals surface area contributed by atoms with E-state index in [1.54, 1.807) is 0 Å². The molecule has 7 heteroatoms. The lowest BCUT2D eigenvalue weighted by atomic mass is 10.2. The Bertz CT molecular complexity index is 502. The van der Waals surface area contributed by atoms with Crippen molar-refractivity contribution in [3.05, 3.63) is 28.2 Å². The van der Waals surface area contributed by atoms with Gasteiger partial charge < -0.3 is 5.32 Å². The molecule has 1 aliphatic rings. The average molecular weight is 353 g/mol. The number of alkyl halides is 3. The van der Waals surface area contributed by atoms with Gasteiger partial charge >= 0.3 is 6.18 Å². The van der Waals surface area contributed by atoms with Crippen molar-refractivity contribution in [1.82, 2.24) is 0 Å². The van der Waals surface area contributed by atoms with Crippen molar-refractivity contribution in [2.45, 2.75) is 25.6 Å². The molecular formula is C12H12BrF3N2S. The third-order valence-corrected chi connectivity index (χ3v) is 4.44. The Balaban J connectivity index is 2.21. The first-order valence-corrected chi connectivity index (χ1v) is 7.52. The maximum absolute atomic E-state index is 12.7. The number of nitrogens with zero attached hydrogens (tertiary/aromatic N) is 1. The van der Waals surface area contributed by atoms with Crippen molar-refractivity contribution in [3.8, 4) is 0 Å². The summed E-state index contributed by atoms with van der Waals surface area (Å²) in [7, 11) is 0. The summed E-state index contributed by atoms with van der Waals surface area (Å²) in [5.74, 6) is 0.870. The van der Waals surface area contributed by atoms with E-state index in [0.29, 0.717) is 15.3 Å². The normalized spacial score (nSPS) is 19.4. The van der Waals surface area contributed by atoms with Crippen LogP contribution in [0.3, 0.4) is 0 Å². The average Bonchev–Trinajstić information content (AvgIpc) is 2.78.